The van der Waals surface area contributed by atoms with Crippen molar-refractivity contribution in [3.8, 4) is 44.9 Å². The zero-order valence-corrected chi connectivity index (χ0v) is 45.8. The fourth-order valence-electron chi connectivity index (χ4n) is 13.4. The molecule has 0 heterocycles. The largest absolute Gasteiger partial charge is 0.457 e. The van der Waals surface area contributed by atoms with Crippen LogP contribution >= 0.6 is 0 Å². The van der Waals surface area contributed by atoms with Crippen LogP contribution in [-0.2, 0) is 10.8 Å². The highest BCUT2D eigenvalue weighted by atomic mass is 16.5. The first-order chi connectivity index (χ1) is 38.7. The molecule has 0 bridgehead atoms. The molecule has 0 fully saturated rings. The summed E-state index contributed by atoms with van der Waals surface area (Å²) in [5.74, 6) is 3.37. The second-order valence-corrected chi connectivity index (χ2v) is 22.6. The molecule has 2 atom stereocenters. The van der Waals surface area contributed by atoms with Crippen molar-refractivity contribution < 1.29 is 4.74 Å². The van der Waals surface area contributed by atoms with Crippen molar-refractivity contribution in [3.63, 3.8) is 0 Å². The molecule has 384 valence electrons. The van der Waals surface area contributed by atoms with Crippen LogP contribution in [0.5, 0.6) is 11.5 Å². The van der Waals surface area contributed by atoms with E-state index in [1.54, 1.807) is 0 Å². The number of benzene rings is 11. The van der Waals surface area contributed by atoms with Gasteiger partial charge in [0.2, 0.25) is 0 Å². The molecule has 2 aliphatic rings. The average Bonchev–Trinajstić information content (AvgIpc) is 4.19. The smallest absolute Gasteiger partial charge is 0.127 e. The minimum Gasteiger partial charge on any atom is -0.457 e. The Morgan fingerprint density at radius 1 is 0.354 bits per heavy atom. The van der Waals surface area contributed by atoms with Crippen LogP contribution in [0, 0.1) is 18.8 Å². The van der Waals surface area contributed by atoms with E-state index in [1.807, 2.05) is 0 Å². The Labute approximate surface area is 467 Å². The Balaban J connectivity index is 0.989. The second-order valence-electron chi connectivity index (χ2n) is 22.6. The lowest BCUT2D eigenvalue weighted by Crippen LogP contribution is -2.29. The number of rotatable bonds is 14. The van der Waals surface area contributed by atoms with E-state index in [0.29, 0.717) is 17.8 Å². The molecular formula is C77H65NO. The van der Waals surface area contributed by atoms with Crippen molar-refractivity contribution in [2.75, 3.05) is 4.90 Å². The summed E-state index contributed by atoms with van der Waals surface area (Å²) in [6.45, 7) is 11.5. The van der Waals surface area contributed by atoms with E-state index in [0.717, 1.165) is 28.6 Å². The Hall–Kier alpha value is -8.98. The Bertz CT molecular complexity index is 3900. The van der Waals surface area contributed by atoms with E-state index in [9.17, 15) is 0 Å². The second kappa shape index (κ2) is 20.4. The number of hydrogen-bond donors (Lipinski definition) is 0. The van der Waals surface area contributed by atoms with Gasteiger partial charge in [-0.15, -0.1) is 0 Å². The average molecular weight is 1020 g/mol. The third-order valence-corrected chi connectivity index (χ3v) is 17.1. The third-order valence-electron chi connectivity index (χ3n) is 17.1. The zero-order valence-electron chi connectivity index (χ0n) is 45.8. The highest BCUT2D eigenvalue weighted by Gasteiger charge is 2.48. The van der Waals surface area contributed by atoms with Crippen LogP contribution in [0.4, 0.5) is 17.1 Å². The van der Waals surface area contributed by atoms with Gasteiger partial charge in [0.15, 0.2) is 0 Å². The molecule has 0 saturated carbocycles. The Morgan fingerprint density at radius 3 is 1.23 bits per heavy atom. The molecule has 0 amide bonds. The molecule has 0 aliphatic heterocycles. The monoisotopic (exact) mass is 1020 g/mol. The molecule has 2 aliphatic carbocycles. The molecule has 0 aromatic heterocycles. The van der Waals surface area contributed by atoms with E-state index >= 15 is 0 Å². The van der Waals surface area contributed by atoms with E-state index in [-0.39, 0.29) is 0 Å². The summed E-state index contributed by atoms with van der Waals surface area (Å²) in [7, 11) is 0. The fraction of sp³-hybridized carbons (Fsp3) is 0.143. The highest BCUT2D eigenvalue weighted by Crippen LogP contribution is 2.60. The van der Waals surface area contributed by atoms with Crippen LogP contribution in [0.1, 0.15) is 95.7 Å². The van der Waals surface area contributed by atoms with Gasteiger partial charge in [-0.2, -0.15) is 0 Å². The van der Waals surface area contributed by atoms with Crippen LogP contribution in [-0.4, -0.2) is 0 Å². The molecule has 79 heavy (non-hydrogen) atoms. The van der Waals surface area contributed by atoms with Crippen molar-refractivity contribution in [1.82, 2.24) is 0 Å². The van der Waals surface area contributed by atoms with E-state index < -0.39 is 10.8 Å². The number of nitrogens with zero attached hydrogens (tertiary/aromatic N) is 1. The number of anilines is 3. The Kier molecular flexibility index (Phi) is 12.8. The standard InChI is InChI=1S/C77H65NO/c1-52(2)49-71(53(3)4)57-33-43-65(44-34-57)79-66-45-37-61(38-46-66)77(60-35-29-54(5)30-36-60)73-28-18-16-26-68(73)70-48-42-64(51-75(70)77)78(62-39-31-56(32-40-62)55-19-9-6-10-20-55)63-41-47-69-67-25-15-17-27-72(67)76(74(69)50-63,58-21-11-7-12-22-58)59-23-13-8-14-24-59/h6-48,50-53,71H,49H2,1-5H3. The lowest BCUT2D eigenvalue weighted by Gasteiger charge is -2.36. The van der Waals surface area contributed by atoms with Gasteiger partial charge in [-0.05, 0) is 175 Å². The molecule has 13 rings (SSSR count). The van der Waals surface area contributed by atoms with Crippen molar-refractivity contribution in [2.24, 2.45) is 11.8 Å². The highest BCUT2D eigenvalue weighted by molar-refractivity contribution is 5.92. The maximum Gasteiger partial charge on any atom is 0.127 e. The van der Waals surface area contributed by atoms with Gasteiger partial charge in [0.1, 0.15) is 11.5 Å². The molecular weight excluding hydrogens is 955 g/mol. The number of fused-ring (bicyclic) bond motifs is 6. The maximum absolute atomic E-state index is 6.67. The summed E-state index contributed by atoms with van der Waals surface area (Å²) in [6, 6.07) is 101. The summed E-state index contributed by atoms with van der Waals surface area (Å²) in [4.78, 5) is 2.48. The SMILES string of the molecule is Cc1ccc(C2(c3ccc(Oc4ccc(C(CC(C)C)C(C)C)cc4)cc3)c3ccccc3-c3ccc(N(c4ccc(-c5ccccc5)cc4)c4ccc5c(c4)C(c4ccccc4)(c4ccccc4)c4ccccc4-5)cc32)cc1. The van der Waals surface area contributed by atoms with Crippen molar-refractivity contribution in [2.45, 2.75) is 57.8 Å². The van der Waals surface area contributed by atoms with Gasteiger partial charge in [0.05, 0.1) is 10.8 Å². The lowest BCUT2D eigenvalue weighted by molar-refractivity contribution is 0.407. The molecule has 0 spiro atoms. The fourth-order valence-corrected chi connectivity index (χ4v) is 13.4. The molecule has 11 aromatic carbocycles. The van der Waals surface area contributed by atoms with Gasteiger partial charge in [0.25, 0.3) is 0 Å². The maximum atomic E-state index is 6.67. The summed E-state index contributed by atoms with van der Waals surface area (Å²) in [6.07, 6.45) is 1.17. The molecule has 0 saturated heterocycles. The molecule has 2 heteroatoms. The normalized spacial score (nSPS) is 15.0. The Morgan fingerprint density at radius 2 is 0.747 bits per heavy atom. The molecule has 2 unspecified atom stereocenters. The molecule has 0 radical (unpaired) electrons. The first-order valence-electron chi connectivity index (χ1n) is 28.2. The van der Waals surface area contributed by atoms with Crippen molar-refractivity contribution in [3.05, 3.63) is 329 Å². The van der Waals surface area contributed by atoms with E-state index in [4.69, 9.17) is 4.74 Å². The van der Waals surface area contributed by atoms with Crippen LogP contribution in [0.25, 0.3) is 33.4 Å². The summed E-state index contributed by atoms with van der Waals surface area (Å²) in [5.41, 5.74) is 21.9. The van der Waals surface area contributed by atoms with E-state index in [1.165, 1.54) is 95.4 Å². The first kappa shape index (κ1) is 49.6. The van der Waals surface area contributed by atoms with E-state index in [2.05, 4.69) is 313 Å². The van der Waals surface area contributed by atoms with Gasteiger partial charge in [0, 0.05) is 17.1 Å². The number of ether oxygens (including phenoxy) is 1. The van der Waals surface area contributed by atoms with Crippen LogP contribution < -0.4 is 9.64 Å². The summed E-state index contributed by atoms with van der Waals surface area (Å²) in [5, 5.41) is 0. The van der Waals surface area contributed by atoms with Gasteiger partial charge in [-0.1, -0.05) is 246 Å². The predicted molar refractivity (Wildman–Crippen MR) is 329 cm³/mol. The number of aryl methyl sites for hydroxylation is 1. The van der Waals surface area contributed by atoms with Crippen molar-refractivity contribution in [1.29, 1.82) is 0 Å². The first-order valence-corrected chi connectivity index (χ1v) is 28.2. The minimum absolute atomic E-state index is 0.515. The van der Waals surface area contributed by atoms with Gasteiger partial charge in [-0.25, -0.2) is 0 Å². The lowest BCUT2D eigenvalue weighted by atomic mass is 9.67. The van der Waals surface area contributed by atoms with Crippen LogP contribution in [0.3, 0.4) is 0 Å². The molecule has 11 aromatic rings. The number of hydrogen-bond acceptors (Lipinski definition) is 2. The van der Waals surface area contributed by atoms with Gasteiger partial charge < -0.3 is 9.64 Å². The molecule has 2 nitrogen and oxygen atoms in total. The quantitative estimate of drug-likeness (QED) is 0.108. The van der Waals surface area contributed by atoms with Gasteiger partial charge in [-0.3, -0.25) is 0 Å². The predicted octanol–water partition coefficient (Wildman–Crippen LogP) is 20.4. The summed E-state index contributed by atoms with van der Waals surface area (Å²) < 4.78 is 6.67. The van der Waals surface area contributed by atoms with Crippen LogP contribution in [0.15, 0.2) is 273 Å². The minimum atomic E-state index is -0.656. The zero-order chi connectivity index (χ0) is 53.7. The summed E-state index contributed by atoms with van der Waals surface area (Å²) >= 11 is 0. The van der Waals surface area contributed by atoms with Crippen LogP contribution in [0.2, 0.25) is 0 Å². The molecule has 0 N–H and O–H groups in total. The van der Waals surface area contributed by atoms with Gasteiger partial charge >= 0.3 is 0 Å². The third kappa shape index (κ3) is 8.50. The topological polar surface area (TPSA) is 12.5 Å². The van der Waals surface area contributed by atoms with Crippen molar-refractivity contribution >= 4 is 17.1 Å².